The minimum atomic E-state index is 0.0612. The van der Waals surface area contributed by atoms with E-state index < -0.39 is 0 Å². The normalized spacial score (nSPS) is 13.9. The number of hydrogen-bond donors (Lipinski definition) is 1. The predicted molar refractivity (Wildman–Crippen MR) is 76.2 cm³/mol. The molecule has 0 saturated carbocycles. The van der Waals surface area contributed by atoms with Crippen LogP contribution in [-0.2, 0) is 13.0 Å². The molecule has 0 saturated heterocycles. The summed E-state index contributed by atoms with van der Waals surface area (Å²) in [5.74, 6) is 0.0612. The minimum absolute atomic E-state index is 0.0612. The van der Waals surface area contributed by atoms with Crippen LogP contribution in [0.2, 0.25) is 0 Å². The van der Waals surface area contributed by atoms with Crippen LogP contribution in [0.1, 0.15) is 25.7 Å². The van der Waals surface area contributed by atoms with Crippen LogP contribution < -0.4 is 5.73 Å². The molecular weight excluding hydrogens is 278 g/mol. The molecule has 0 atom stereocenters. The molecule has 96 valence electrons. The SMILES string of the molecule is N#Cc1c(N)sc2c1CCN(C(=O)c1cccs1)C2. The second kappa shape index (κ2) is 4.68. The third-order valence-electron chi connectivity index (χ3n) is 3.22. The Balaban J connectivity index is 1.87. The van der Waals surface area contributed by atoms with Gasteiger partial charge in [-0.15, -0.1) is 22.7 Å². The molecule has 3 heterocycles. The van der Waals surface area contributed by atoms with Crippen LogP contribution >= 0.6 is 22.7 Å². The highest BCUT2D eigenvalue weighted by Crippen LogP contribution is 2.35. The summed E-state index contributed by atoms with van der Waals surface area (Å²) in [6.07, 6.45) is 0.711. The third-order valence-corrected chi connectivity index (χ3v) is 5.12. The molecule has 0 aromatic carbocycles. The summed E-state index contributed by atoms with van der Waals surface area (Å²) in [4.78, 5) is 15.9. The first kappa shape index (κ1) is 12.2. The Hall–Kier alpha value is -1.84. The number of carbonyl (C=O) groups is 1. The molecule has 1 aliphatic rings. The molecule has 1 aliphatic heterocycles. The fourth-order valence-corrected chi connectivity index (χ4v) is 4.05. The number of thiophene rings is 2. The number of hydrogen-bond acceptors (Lipinski definition) is 5. The number of nitrogen functional groups attached to an aromatic ring is 1. The molecule has 0 aliphatic carbocycles. The standard InChI is InChI=1S/C13H11N3OS2/c14-6-9-8-3-4-16(7-11(8)19-12(9)15)13(17)10-2-1-5-18-10/h1-2,5H,3-4,7,15H2. The van der Waals surface area contributed by atoms with Crippen molar-refractivity contribution in [1.29, 1.82) is 5.26 Å². The second-order valence-corrected chi connectivity index (χ2v) is 6.39. The van der Waals surface area contributed by atoms with Gasteiger partial charge in [0.05, 0.1) is 17.0 Å². The average molecular weight is 289 g/mol. The molecule has 2 aromatic heterocycles. The van der Waals surface area contributed by atoms with Crippen molar-refractivity contribution < 1.29 is 4.79 Å². The number of amides is 1. The van der Waals surface area contributed by atoms with Crippen LogP contribution in [0, 0.1) is 11.3 Å². The summed E-state index contributed by atoms with van der Waals surface area (Å²) in [6, 6.07) is 5.88. The topological polar surface area (TPSA) is 70.1 Å². The maximum Gasteiger partial charge on any atom is 0.264 e. The molecule has 0 unspecified atom stereocenters. The van der Waals surface area contributed by atoms with Gasteiger partial charge in [0.2, 0.25) is 0 Å². The largest absolute Gasteiger partial charge is 0.389 e. The quantitative estimate of drug-likeness (QED) is 0.876. The first-order chi connectivity index (χ1) is 9.20. The van der Waals surface area contributed by atoms with E-state index in [2.05, 4.69) is 6.07 Å². The minimum Gasteiger partial charge on any atom is -0.389 e. The number of anilines is 1. The molecule has 2 N–H and O–H groups in total. The van der Waals surface area contributed by atoms with Gasteiger partial charge in [0.25, 0.3) is 5.91 Å². The van der Waals surface area contributed by atoms with Crippen molar-refractivity contribution in [3.63, 3.8) is 0 Å². The summed E-state index contributed by atoms with van der Waals surface area (Å²) in [7, 11) is 0. The van der Waals surface area contributed by atoms with Crippen LogP contribution in [0.25, 0.3) is 0 Å². The first-order valence-corrected chi connectivity index (χ1v) is 7.53. The van der Waals surface area contributed by atoms with Crippen LogP contribution in [0.15, 0.2) is 17.5 Å². The van der Waals surface area contributed by atoms with Crippen molar-refractivity contribution in [2.75, 3.05) is 12.3 Å². The van der Waals surface area contributed by atoms with E-state index in [1.165, 1.54) is 22.7 Å². The summed E-state index contributed by atoms with van der Waals surface area (Å²) in [5, 5.41) is 11.6. The van der Waals surface area contributed by atoms with E-state index in [9.17, 15) is 4.79 Å². The van der Waals surface area contributed by atoms with Crippen LogP contribution in [-0.4, -0.2) is 17.4 Å². The van der Waals surface area contributed by atoms with Gasteiger partial charge < -0.3 is 10.6 Å². The Morgan fingerprint density at radius 2 is 2.37 bits per heavy atom. The lowest BCUT2D eigenvalue weighted by atomic mass is 10.0. The number of carbonyl (C=O) groups excluding carboxylic acids is 1. The predicted octanol–water partition coefficient (Wildman–Crippen LogP) is 2.46. The Labute approximate surface area is 118 Å². The smallest absolute Gasteiger partial charge is 0.264 e. The molecule has 0 bridgehead atoms. The van der Waals surface area contributed by atoms with E-state index in [1.807, 2.05) is 22.4 Å². The van der Waals surface area contributed by atoms with Gasteiger partial charge in [-0.1, -0.05) is 6.07 Å². The molecule has 19 heavy (non-hydrogen) atoms. The van der Waals surface area contributed by atoms with E-state index in [0.29, 0.717) is 30.1 Å². The Morgan fingerprint density at radius 1 is 1.53 bits per heavy atom. The van der Waals surface area contributed by atoms with E-state index in [-0.39, 0.29) is 5.91 Å². The summed E-state index contributed by atoms with van der Waals surface area (Å²) in [5.41, 5.74) is 7.47. The summed E-state index contributed by atoms with van der Waals surface area (Å²) in [6.45, 7) is 1.21. The van der Waals surface area contributed by atoms with E-state index >= 15 is 0 Å². The van der Waals surface area contributed by atoms with Gasteiger partial charge >= 0.3 is 0 Å². The Morgan fingerprint density at radius 3 is 3.05 bits per heavy atom. The van der Waals surface area contributed by atoms with Crippen LogP contribution in [0.4, 0.5) is 5.00 Å². The summed E-state index contributed by atoms with van der Waals surface area (Å²) < 4.78 is 0. The van der Waals surface area contributed by atoms with E-state index in [1.54, 1.807) is 0 Å². The molecular formula is C13H11N3OS2. The molecule has 4 nitrogen and oxygen atoms in total. The van der Waals surface area contributed by atoms with E-state index in [0.717, 1.165) is 15.3 Å². The zero-order valence-corrected chi connectivity index (χ0v) is 11.7. The molecule has 1 amide bonds. The Kier molecular flexibility index (Phi) is 3.01. The number of fused-ring (bicyclic) bond motifs is 1. The zero-order chi connectivity index (χ0) is 13.4. The highest BCUT2D eigenvalue weighted by molar-refractivity contribution is 7.16. The van der Waals surface area contributed by atoms with Gasteiger partial charge in [0.1, 0.15) is 11.1 Å². The Bertz CT molecular complexity index is 667. The fraction of sp³-hybridized carbons (Fsp3) is 0.231. The highest BCUT2D eigenvalue weighted by Gasteiger charge is 2.26. The molecule has 2 aromatic rings. The van der Waals surface area contributed by atoms with Gasteiger partial charge in [0, 0.05) is 11.4 Å². The zero-order valence-electron chi connectivity index (χ0n) is 10.0. The number of nitrogens with two attached hydrogens (primary N) is 1. The maximum absolute atomic E-state index is 12.3. The van der Waals surface area contributed by atoms with Gasteiger partial charge in [-0.3, -0.25) is 4.79 Å². The second-order valence-electron chi connectivity index (χ2n) is 4.31. The van der Waals surface area contributed by atoms with Crippen LogP contribution in [0.3, 0.4) is 0 Å². The molecule has 0 radical (unpaired) electrons. The van der Waals surface area contributed by atoms with Crippen molar-refractivity contribution in [3.8, 4) is 6.07 Å². The lowest BCUT2D eigenvalue weighted by Crippen LogP contribution is -2.35. The first-order valence-electron chi connectivity index (χ1n) is 5.83. The number of rotatable bonds is 1. The lowest BCUT2D eigenvalue weighted by Gasteiger charge is -2.26. The molecule has 3 rings (SSSR count). The molecule has 6 heteroatoms. The van der Waals surface area contributed by atoms with Crippen molar-refractivity contribution in [1.82, 2.24) is 4.90 Å². The fourth-order valence-electron chi connectivity index (χ4n) is 2.28. The van der Waals surface area contributed by atoms with Crippen molar-refractivity contribution >= 4 is 33.6 Å². The highest BCUT2D eigenvalue weighted by atomic mass is 32.1. The third kappa shape index (κ3) is 2.01. The van der Waals surface area contributed by atoms with Gasteiger partial charge in [-0.05, 0) is 23.4 Å². The average Bonchev–Trinajstić information content (AvgIpc) is 3.03. The summed E-state index contributed by atoms with van der Waals surface area (Å²) >= 11 is 2.88. The van der Waals surface area contributed by atoms with Gasteiger partial charge in [-0.2, -0.15) is 5.26 Å². The van der Waals surface area contributed by atoms with Crippen molar-refractivity contribution in [2.45, 2.75) is 13.0 Å². The van der Waals surface area contributed by atoms with Crippen molar-refractivity contribution in [2.24, 2.45) is 0 Å². The lowest BCUT2D eigenvalue weighted by molar-refractivity contribution is 0.0742. The van der Waals surface area contributed by atoms with Crippen LogP contribution in [0.5, 0.6) is 0 Å². The molecule has 0 fully saturated rings. The van der Waals surface area contributed by atoms with Gasteiger partial charge in [-0.25, -0.2) is 0 Å². The monoisotopic (exact) mass is 289 g/mol. The maximum atomic E-state index is 12.3. The molecule has 0 spiro atoms. The number of nitriles is 1. The van der Waals surface area contributed by atoms with Crippen molar-refractivity contribution in [3.05, 3.63) is 38.4 Å². The van der Waals surface area contributed by atoms with Gasteiger partial charge in [0.15, 0.2) is 0 Å². The number of nitrogens with zero attached hydrogens (tertiary/aromatic N) is 2. The van der Waals surface area contributed by atoms with E-state index in [4.69, 9.17) is 11.0 Å².